The summed E-state index contributed by atoms with van der Waals surface area (Å²) in [5.41, 5.74) is 8.21. The highest BCUT2D eigenvalue weighted by Gasteiger charge is 2.50. The summed E-state index contributed by atoms with van der Waals surface area (Å²) in [7, 11) is 0. The van der Waals surface area contributed by atoms with Crippen LogP contribution < -0.4 is 15.1 Å². The number of anilines is 3. The number of hydrogen-bond donors (Lipinski definition) is 0. The molecule has 0 radical (unpaired) electrons. The number of rotatable bonds is 1. The van der Waals surface area contributed by atoms with E-state index >= 15 is 0 Å². The Morgan fingerprint density at radius 3 is 1.79 bits per heavy atom. The number of hydrogen-bond acceptors (Lipinski definition) is 4. The summed E-state index contributed by atoms with van der Waals surface area (Å²) >= 11 is 0. The SMILES string of the molecule is Cc1coc2cc(N3c4ccccc4C4(c5ccccc5Oc5ccccc54)c4ccccc43)ccc2c1=O. The van der Waals surface area contributed by atoms with Gasteiger partial charge in [-0.15, -0.1) is 0 Å². The van der Waals surface area contributed by atoms with E-state index in [2.05, 4.69) is 89.8 Å². The molecule has 4 heteroatoms. The number of fused-ring (bicyclic) bond motifs is 9. The van der Waals surface area contributed by atoms with Gasteiger partial charge in [-0.2, -0.15) is 0 Å². The fourth-order valence-corrected chi connectivity index (χ4v) is 6.45. The first-order valence-electron chi connectivity index (χ1n) is 13.1. The van der Waals surface area contributed by atoms with Gasteiger partial charge in [-0.1, -0.05) is 72.8 Å². The molecular formula is C35H23NO3. The molecule has 4 nitrogen and oxygen atoms in total. The summed E-state index contributed by atoms with van der Waals surface area (Å²) in [5.74, 6) is 1.72. The highest BCUT2D eigenvalue weighted by Crippen LogP contribution is 2.62. The number of ether oxygens (including phenoxy) is 1. The van der Waals surface area contributed by atoms with Gasteiger partial charge in [-0.25, -0.2) is 0 Å². The van der Waals surface area contributed by atoms with E-state index in [-0.39, 0.29) is 5.43 Å². The molecular weight excluding hydrogens is 482 g/mol. The van der Waals surface area contributed by atoms with Crippen molar-refractivity contribution >= 4 is 28.0 Å². The van der Waals surface area contributed by atoms with Gasteiger partial charge in [0.15, 0.2) is 5.43 Å². The van der Waals surface area contributed by atoms with Crippen LogP contribution in [0.1, 0.15) is 27.8 Å². The molecule has 2 aliphatic heterocycles. The van der Waals surface area contributed by atoms with Crippen molar-refractivity contribution in [1.29, 1.82) is 0 Å². The monoisotopic (exact) mass is 505 g/mol. The Kier molecular flexibility index (Phi) is 4.48. The fourth-order valence-electron chi connectivity index (χ4n) is 6.45. The van der Waals surface area contributed by atoms with E-state index in [0.29, 0.717) is 16.5 Å². The maximum atomic E-state index is 12.8. The van der Waals surface area contributed by atoms with Gasteiger partial charge in [-0.3, -0.25) is 4.79 Å². The van der Waals surface area contributed by atoms with Crippen molar-refractivity contribution in [3.63, 3.8) is 0 Å². The maximum absolute atomic E-state index is 12.8. The Hall–Kier alpha value is -5.09. The molecule has 1 aromatic heterocycles. The Morgan fingerprint density at radius 1 is 0.641 bits per heavy atom. The van der Waals surface area contributed by atoms with Crippen LogP contribution in [0.3, 0.4) is 0 Å². The molecule has 0 saturated heterocycles. The third-order valence-electron chi connectivity index (χ3n) is 8.09. The largest absolute Gasteiger partial charge is 0.464 e. The molecule has 0 aliphatic carbocycles. The van der Waals surface area contributed by atoms with Crippen LogP contribution in [-0.4, -0.2) is 0 Å². The molecule has 0 atom stereocenters. The number of para-hydroxylation sites is 4. The van der Waals surface area contributed by atoms with Gasteiger partial charge >= 0.3 is 0 Å². The summed E-state index contributed by atoms with van der Waals surface area (Å²) in [5, 5.41) is 0.584. The Bertz CT molecular complexity index is 1910. The molecule has 0 N–H and O–H groups in total. The second-order valence-corrected chi connectivity index (χ2v) is 10.1. The lowest BCUT2D eigenvalue weighted by atomic mass is 9.61. The second-order valence-electron chi connectivity index (χ2n) is 10.1. The molecule has 8 rings (SSSR count). The average molecular weight is 506 g/mol. The Labute approximate surface area is 225 Å². The van der Waals surface area contributed by atoms with E-state index < -0.39 is 5.41 Å². The summed E-state index contributed by atoms with van der Waals surface area (Å²) in [6.07, 6.45) is 1.54. The summed E-state index contributed by atoms with van der Waals surface area (Å²) < 4.78 is 12.4. The first-order valence-corrected chi connectivity index (χ1v) is 13.1. The minimum Gasteiger partial charge on any atom is -0.464 e. The first-order chi connectivity index (χ1) is 19.2. The van der Waals surface area contributed by atoms with Gasteiger partial charge < -0.3 is 14.1 Å². The summed E-state index contributed by atoms with van der Waals surface area (Å²) in [6.45, 7) is 1.78. The molecule has 0 amide bonds. The molecule has 0 saturated carbocycles. The van der Waals surface area contributed by atoms with Crippen molar-refractivity contribution in [2.45, 2.75) is 12.3 Å². The van der Waals surface area contributed by atoms with Crippen molar-refractivity contribution < 1.29 is 9.15 Å². The lowest BCUT2D eigenvalue weighted by Gasteiger charge is -2.48. The fraction of sp³-hybridized carbons (Fsp3) is 0.0571. The molecule has 1 spiro atoms. The van der Waals surface area contributed by atoms with Gasteiger partial charge in [0.2, 0.25) is 0 Å². The number of aryl methyl sites for hydroxylation is 1. The third kappa shape index (κ3) is 2.86. The molecule has 3 heterocycles. The minimum absolute atomic E-state index is 0.00313. The zero-order valence-electron chi connectivity index (χ0n) is 21.2. The van der Waals surface area contributed by atoms with Crippen LogP contribution in [0.15, 0.2) is 131 Å². The molecule has 0 fully saturated rings. The lowest BCUT2D eigenvalue weighted by Crippen LogP contribution is -2.39. The van der Waals surface area contributed by atoms with E-state index in [1.165, 1.54) is 6.26 Å². The molecule has 5 aromatic carbocycles. The molecule has 0 unspecified atom stereocenters. The van der Waals surface area contributed by atoms with Crippen LogP contribution in [0.4, 0.5) is 17.1 Å². The number of benzene rings is 5. The van der Waals surface area contributed by atoms with Gasteiger partial charge in [0.1, 0.15) is 17.1 Å². The maximum Gasteiger partial charge on any atom is 0.195 e. The highest BCUT2D eigenvalue weighted by molar-refractivity contribution is 5.93. The van der Waals surface area contributed by atoms with Crippen LogP contribution in [0, 0.1) is 6.92 Å². The Balaban J connectivity index is 1.49. The van der Waals surface area contributed by atoms with Gasteiger partial charge in [0.05, 0.1) is 28.4 Å². The average Bonchev–Trinajstić information content (AvgIpc) is 2.99. The molecule has 6 aromatic rings. The van der Waals surface area contributed by atoms with Crippen molar-refractivity contribution in [2.24, 2.45) is 0 Å². The van der Waals surface area contributed by atoms with E-state index in [0.717, 1.165) is 50.8 Å². The topological polar surface area (TPSA) is 42.7 Å². The Morgan fingerprint density at radius 2 is 1.18 bits per heavy atom. The smallest absolute Gasteiger partial charge is 0.195 e. The zero-order valence-corrected chi connectivity index (χ0v) is 21.2. The van der Waals surface area contributed by atoms with Crippen molar-refractivity contribution in [1.82, 2.24) is 0 Å². The predicted molar refractivity (Wildman–Crippen MR) is 154 cm³/mol. The lowest BCUT2D eigenvalue weighted by molar-refractivity contribution is 0.434. The minimum atomic E-state index is -0.574. The van der Waals surface area contributed by atoms with E-state index in [1.807, 2.05) is 30.3 Å². The summed E-state index contributed by atoms with van der Waals surface area (Å²) in [4.78, 5) is 15.0. The molecule has 39 heavy (non-hydrogen) atoms. The van der Waals surface area contributed by atoms with E-state index in [4.69, 9.17) is 9.15 Å². The highest BCUT2D eigenvalue weighted by atomic mass is 16.5. The van der Waals surface area contributed by atoms with Gasteiger partial charge in [0, 0.05) is 28.4 Å². The van der Waals surface area contributed by atoms with Crippen molar-refractivity contribution in [2.75, 3.05) is 4.90 Å². The summed E-state index contributed by atoms with van der Waals surface area (Å²) in [6, 6.07) is 39.7. The third-order valence-corrected chi connectivity index (χ3v) is 8.09. The van der Waals surface area contributed by atoms with Crippen LogP contribution in [-0.2, 0) is 5.41 Å². The molecule has 0 bridgehead atoms. The van der Waals surface area contributed by atoms with E-state index in [9.17, 15) is 4.79 Å². The van der Waals surface area contributed by atoms with E-state index in [1.54, 1.807) is 6.92 Å². The second kappa shape index (κ2) is 7.95. The molecule has 2 aliphatic rings. The number of nitrogens with zero attached hydrogens (tertiary/aromatic N) is 1. The van der Waals surface area contributed by atoms with Crippen LogP contribution in [0.5, 0.6) is 11.5 Å². The van der Waals surface area contributed by atoms with Gasteiger partial charge in [0.25, 0.3) is 0 Å². The molecule has 186 valence electrons. The van der Waals surface area contributed by atoms with Crippen molar-refractivity contribution in [3.8, 4) is 11.5 Å². The predicted octanol–water partition coefficient (Wildman–Crippen LogP) is 8.37. The zero-order chi connectivity index (χ0) is 26.1. The van der Waals surface area contributed by atoms with Crippen LogP contribution >= 0.6 is 0 Å². The van der Waals surface area contributed by atoms with Crippen LogP contribution in [0.2, 0.25) is 0 Å². The normalized spacial score (nSPS) is 14.2. The van der Waals surface area contributed by atoms with Gasteiger partial charge in [-0.05, 0) is 54.4 Å². The van der Waals surface area contributed by atoms with Crippen LogP contribution in [0.25, 0.3) is 11.0 Å². The quantitative estimate of drug-likeness (QED) is 0.225. The van der Waals surface area contributed by atoms with Crippen molar-refractivity contribution in [3.05, 3.63) is 160 Å². The standard InChI is InChI=1S/C35H23NO3/c1-22-21-38-33-20-23(18-19-24(33)34(22)37)36-29-14-6-2-10-25(29)35(26-11-3-7-15-30(26)36)27-12-4-8-16-31(27)39-32-17-9-5-13-28(32)35/h2-21H,1H3. The first kappa shape index (κ1) is 21.9.